The number of rotatable bonds is 6. The van der Waals surface area contributed by atoms with Gasteiger partial charge in [-0.2, -0.15) is 5.10 Å². The topological polar surface area (TPSA) is 60.3 Å². The predicted octanol–water partition coefficient (Wildman–Crippen LogP) is 4.07. The van der Waals surface area contributed by atoms with Gasteiger partial charge in [0.25, 0.3) is 0 Å². The van der Waals surface area contributed by atoms with E-state index in [0.29, 0.717) is 23.2 Å². The molecule has 0 amide bonds. The third-order valence-corrected chi connectivity index (χ3v) is 4.30. The summed E-state index contributed by atoms with van der Waals surface area (Å²) < 4.78 is 12.4. The van der Waals surface area contributed by atoms with Crippen molar-refractivity contribution in [3.05, 3.63) is 66.0 Å². The first kappa shape index (κ1) is 18.7. The zero-order valence-corrected chi connectivity index (χ0v) is 16.3. The number of aromatic nitrogens is 2. The molecule has 0 aliphatic carbocycles. The van der Waals surface area contributed by atoms with E-state index in [1.807, 2.05) is 35.1 Å². The van der Waals surface area contributed by atoms with Crippen molar-refractivity contribution in [2.75, 3.05) is 24.9 Å². The van der Waals surface area contributed by atoms with Crippen molar-refractivity contribution in [1.82, 2.24) is 9.78 Å². The highest BCUT2D eigenvalue weighted by Gasteiger charge is 2.06. The highest BCUT2D eigenvalue weighted by molar-refractivity contribution is 7.80. The Morgan fingerprint density at radius 1 is 1.04 bits per heavy atom. The third kappa shape index (κ3) is 4.98. The number of nitrogens with zero attached hydrogens (tertiary/aromatic N) is 2. The van der Waals surface area contributed by atoms with Crippen LogP contribution in [0.15, 0.2) is 54.9 Å². The number of anilines is 2. The molecule has 0 aliphatic heterocycles. The van der Waals surface area contributed by atoms with Crippen molar-refractivity contribution in [2.24, 2.45) is 0 Å². The van der Waals surface area contributed by atoms with E-state index in [-0.39, 0.29) is 0 Å². The predicted molar refractivity (Wildman–Crippen MR) is 112 cm³/mol. The lowest BCUT2D eigenvalue weighted by Crippen LogP contribution is -2.18. The molecule has 2 aromatic carbocycles. The molecule has 0 fully saturated rings. The van der Waals surface area contributed by atoms with Crippen LogP contribution in [0.25, 0.3) is 0 Å². The van der Waals surface area contributed by atoms with Crippen molar-refractivity contribution < 1.29 is 9.47 Å². The summed E-state index contributed by atoms with van der Waals surface area (Å²) in [6.45, 7) is 2.81. The highest BCUT2D eigenvalue weighted by Crippen LogP contribution is 2.25. The Labute approximate surface area is 164 Å². The summed E-state index contributed by atoms with van der Waals surface area (Å²) >= 11 is 5.40. The first-order valence-electron chi connectivity index (χ1n) is 8.45. The number of benzene rings is 2. The summed E-state index contributed by atoms with van der Waals surface area (Å²) in [5.41, 5.74) is 4.06. The first-order valence-corrected chi connectivity index (χ1v) is 8.86. The van der Waals surface area contributed by atoms with E-state index in [9.17, 15) is 0 Å². The Kier molecular flexibility index (Phi) is 5.93. The van der Waals surface area contributed by atoms with Gasteiger partial charge in [0.15, 0.2) is 5.11 Å². The second-order valence-electron chi connectivity index (χ2n) is 6.03. The van der Waals surface area contributed by atoms with Crippen molar-refractivity contribution in [2.45, 2.75) is 13.5 Å². The fourth-order valence-corrected chi connectivity index (χ4v) is 2.89. The summed E-state index contributed by atoms with van der Waals surface area (Å²) in [7, 11) is 3.22. The van der Waals surface area contributed by atoms with Gasteiger partial charge in [0.05, 0.1) is 32.6 Å². The third-order valence-electron chi connectivity index (χ3n) is 4.09. The van der Waals surface area contributed by atoms with E-state index in [1.54, 1.807) is 26.5 Å². The number of thiocarbonyl (C=S) groups is 1. The molecule has 140 valence electrons. The van der Waals surface area contributed by atoms with Gasteiger partial charge < -0.3 is 20.1 Å². The number of nitrogens with one attached hydrogen (secondary N) is 2. The van der Waals surface area contributed by atoms with Crippen LogP contribution in [0.3, 0.4) is 0 Å². The zero-order valence-electron chi connectivity index (χ0n) is 15.5. The summed E-state index contributed by atoms with van der Waals surface area (Å²) in [5.74, 6) is 1.37. The molecule has 27 heavy (non-hydrogen) atoms. The second-order valence-corrected chi connectivity index (χ2v) is 6.44. The maximum atomic E-state index is 5.40. The molecule has 0 unspecified atom stereocenters. The van der Waals surface area contributed by atoms with E-state index in [1.165, 1.54) is 11.1 Å². The molecule has 1 heterocycles. The molecule has 1 aromatic heterocycles. The standard InChI is InChI=1S/C20H22N4O2S/c1-14-6-4-5-7-15(14)12-24-13-17(11-21-24)23-20(27)22-16-8-18(25-2)10-19(9-16)26-3/h4-11,13H,12H2,1-3H3,(H2,22,23,27). The van der Waals surface area contributed by atoms with Gasteiger partial charge in [-0.3, -0.25) is 4.68 Å². The molecular weight excluding hydrogens is 360 g/mol. The quantitative estimate of drug-likeness (QED) is 0.627. The Morgan fingerprint density at radius 3 is 2.37 bits per heavy atom. The van der Waals surface area contributed by atoms with Gasteiger partial charge in [-0.1, -0.05) is 24.3 Å². The summed E-state index contributed by atoms with van der Waals surface area (Å²) in [5, 5.41) is 11.1. The molecule has 2 N–H and O–H groups in total. The van der Waals surface area contributed by atoms with Crippen LogP contribution < -0.4 is 20.1 Å². The molecule has 0 saturated carbocycles. The number of methoxy groups -OCH3 is 2. The SMILES string of the molecule is COc1cc(NC(=S)Nc2cnn(Cc3ccccc3C)c2)cc(OC)c1. The Morgan fingerprint density at radius 2 is 1.70 bits per heavy atom. The molecule has 0 bridgehead atoms. The number of hydrogen-bond donors (Lipinski definition) is 2. The molecule has 6 nitrogen and oxygen atoms in total. The van der Waals surface area contributed by atoms with Crippen molar-refractivity contribution in [3.8, 4) is 11.5 Å². The Hall–Kier alpha value is -3.06. The number of ether oxygens (including phenoxy) is 2. The summed E-state index contributed by atoms with van der Waals surface area (Å²) in [6.07, 6.45) is 3.67. The molecule has 0 radical (unpaired) electrons. The van der Waals surface area contributed by atoms with E-state index in [2.05, 4.69) is 34.8 Å². The maximum Gasteiger partial charge on any atom is 0.175 e. The van der Waals surface area contributed by atoms with Gasteiger partial charge in [-0.05, 0) is 30.3 Å². The molecule has 3 rings (SSSR count). The smallest absolute Gasteiger partial charge is 0.175 e. The van der Waals surface area contributed by atoms with E-state index < -0.39 is 0 Å². The van der Waals surface area contributed by atoms with Gasteiger partial charge in [0.2, 0.25) is 0 Å². The van der Waals surface area contributed by atoms with Crippen LogP contribution in [-0.2, 0) is 6.54 Å². The molecule has 7 heteroatoms. The average Bonchev–Trinajstić information content (AvgIpc) is 3.09. The highest BCUT2D eigenvalue weighted by atomic mass is 32.1. The van der Waals surface area contributed by atoms with Crippen LogP contribution >= 0.6 is 12.2 Å². The van der Waals surface area contributed by atoms with E-state index >= 15 is 0 Å². The van der Waals surface area contributed by atoms with E-state index in [0.717, 1.165) is 11.4 Å². The molecular formula is C20H22N4O2S. The van der Waals surface area contributed by atoms with Crippen LogP contribution in [0.5, 0.6) is 11.5 Å². The Balaban J connectivity index is 1.63. The zero-order chi connectivity index (χ0) is 19.2. The molecule has 0 aliphatic rings. The first-order chi connectivity index (χ1) is 13.1. The van der Waals surface area contributed by atoms with Crippen LogP contribution in [0.2, 0.25) is 0 Å². The lowest BCUT2D eigenvalue weighted by molar-refractivity contribution is 0.395. The molecule has 3 aromatic rings. The lowest BCUT2D eigenvalue weighted by atomic mass is 10.1. The second kappa shape index (κ2) is 8.55. The summed E-state index contributed by atoms with van der Waals surface area (Å²) in [6, 6.07) is 13.8. The van der Waals surface area contributed by atoms with Gasteiger partial charge in [-0.25, -0.2) is 0 Å². The van der Waals surface area contributed by atoms with Gasteiger partial charge >= 0.3 is 0 Å². The van der Waals surface area contributed by atoms with Crippen molar-refractivity contribution in [1.29, 1.82) is 0 Å². The van der Waals surface area contributed by atoms with Crippen molar-refractivity contribution in [3.63, 3.8) is 0 Å². The van der Waals surface area contributed by atoms with Gasteiger partial charge in [-0.15, -0.1) is 0 Å². The monoisotopic (exact) mass is 382 g/mol. The number of hydrogen-bond acceptors (Lipinski definition) is 4. The number of aryl methyl sites for hydroxylation is 1. The molecule has 0 spiro atoms. The minimum atomic E-state index is 0.459. The lowest BCUT2D eigenvalue weighted by Gasteiger charge is -2.12. The Bertz CT molecular complexity index is 917. The molecule has 0 atom stereocenters. The van der Waals surface area contributed by atoms with Crippen molar-refractivity contribution >= 4 is 28.7 Å². The fourth-order valence-electron chi connectivity index (χ4n) is 2.65. The summed E-state index contributed by atoms with van der Waals surface area (Å²) in [4.78, 5) is 0. The fraction of sp³-hybridized carbons (Fsp3) is 0.200. The largest absolute Gasteiger partial charge is 0.497 e. The molecule has 0 saturated heterocycles. The van der Waals surface area contributed by atoms with Crippen LogP contribution in [0.4, 0.5) is 11.4 Å². The van der Waals surface area contributed by atoms with Gasteiger partial charge in [0, 0.05) is 30.1 Å². The maximum absolute atomic E-state index is 5.40. The minimum Gasteiger partial charge on any atom is -0.497 e. The normalized spacial score (nSPS) is 10.3. The van der Waals surface area contributed by atoms with Gasteiger partial charge in [0.1, 0.15) is 11.5 Å². The van der Waals surface area contributed by atoms with Crippen LogP contribution in [-0.4, -0.2) is 29.1 Å². The minimum absolute atomic E-state index is 0.459. The average molecular weight is 382 g/mol. The van der Waals surface area contributed by atoms with Crippen LogP contribution in [0.1, 0.15) is 11.1 Å². The van der Waals surface area contributed by atoms with E-state index in [4.69, 9.17) is 21.7 Å². The van der Waals surface area contributed by atoms with Crippen LogP contribution in [0, 0.1) is 6.92 Å².